The molecule has 0 spiro atoms. The first-order valence-electron chi connectivity index (χ1n) is 11.1. The zero-order valence-corrected chi connectivity index (χ0v) is 22.5. The van der Waals surface area contributed by atoms with Crippen molar-refractivity contribution in [3.05, 3.63) is 69.1 Å². The van der Waals surface area contributed by atoms with Gasteiger partial charge in [0, 0.05) is 17.2 Å². The molecule has 0 amide bonds. The number of nitrogens with zero attached hydrogens (tertiary/aromatic N) is 3. The standard InChI is InChI=1S/C25H31ClIN3O4/c1-17(11-26)15-34-24-9-6-19(10-23(24)27)25(2,3)18-4-7-22(8-5-18)33-16-21(32)13-30-12-20(14-31)28-29-30/h4-10,12,17,21,31-32H,11,13-16H2,1-3H3/t17-,21+/m1/s1. The molecule has 1 heterocycles. The molecule has 0 saturated carbocycles. The Morgan fingerprint density at radius 3 is 2.41 bits per heavy atom. The van der Waals surface area contributed by atoms with Crippen LogP contribution in [0.1, 0.15) is 37.6 Å². The summed E-state index contributed by atoms with van der Waals surface area (Å²) in [5.74, 6) is 2.43. The average Bonchev–Trinajstić information content (AvgIpc) is 3.29. The van der Waals surface area contributed by atoms with Gasteiger partial charge in [-0.3, -0.25) is 0 Å². The lowest BCUT2D eigenvalue weighted by Gasteiger charge is -2.27. The number of alkyl halides is 1. The van der Waals surface area contributed by atoms with Gasteiger partial charge in [-0.25, -0.2) is 4.68 Å². The molecule has 7 nitrogen and oxygen atoms in total. The second-order valence-corrected chi connectivity index (χ2v) is 10.4. The van der Waals surface area contributed by atoms with Gasteiger partial charge < -0.3 is 19.7 Å². The Kier molecular flexibility index (Phi) is 9.58. The molecule has 34 heavy (non-hydrogen) atoms. The predicted molar refractivity (Wildman–Crippen MR) is 141 cm³/mol. The molecule has 0 aliphatic heterocycles. The van der Waals surface area contributed by atoms with Crippen LogP contribution >= 0.6 is 34.2 Å². The average molecular weight is 600 g/mol. The molecule has 0 aliphatic carbocycles. The highest BCUT2D eigenvalue weighted by atomic mass is 127. The van der Waals surface area contributed by atoms with E-state index >= 15 is 0 Å². The molecule has 2 aromatic carbocycles. The first-order chi connectivity index (χ1) is 16.2. The summed E-state index contributed by atoms with van der Waals surface area (Å²) >= 11 is 8.19. The molecule has 0 unspecified atom stereocenters. The molecular formula is C25H31ClIN3O4. The zero-order valence-electron chi connectivity index (χ0n) is 19.6. The maximum absolute atomic E-state index is 10.2. The van der Waals surface area contributed by atoms with Crippen molar-refractivity contribution in [2.45, 2.75) is 45.4 Å². The summed E-state index contributed by atoms with van der Waals surface area (Å²) in [6, 6.07) is 14.2. The maximum Gasteiger partial charge on any atom is 0.132 e. The van der Waals surface area contributed by atoms with Gasteiger partial charge in [-0.1, -0.05) is 44.2 Å². The topological polar surface area (TPSA) is 89.6 Å². The predicted octanol–water partition coefficient (Wildman–Crippen LogP) is 4.39. The van der Waals surface area contributed by atoms with E-state index in [1.54, 1.807) is 6.20 Å². The fourth-order valence-corrected chi connectivity index (χ4v) is 4.14. The second-order valence-electron chi connectivity index (χ2n) is 8.92. The molecule has 0 aliphatic rings. The lowest BCUT2D eigenvalue weighted by Crippen LogP contribution is -2.24. The van der Waals surface area contributed by atoms with Crippen molar-refractivity contribution in [1.29, 1.82) is 0 Å². The van der Waals surface area contributed by atoms with Crippen molar-refractivity contribution >= 4 is 34.2 Å². The normalized spacial score (nSPS) is 13.5. The number of ether oxygens (including phenoxy) is 2. The Morgan fingerprint density at radius 1 is 1.09 bits per heavy atom. The van der Waals surface area contributed by atoms with Gasteiger partial charge in [-0.2, -0.15) is 0 Å². The Balaban J connectivity index is 1.59. The van der Waals surface area contributed by atoms with Crippen molar-refractivity contribution in [1.82, 2.24) is 15.0 Å². The van der Waals surface area contributed by atoms with Crippen LogP contribution in [-0.2, 0) is 18.6 Å². The molecular weight excluding hydrogens is 569 g/mol. The maximum atomic E-state index is 10.2. The Hall–Kier alpha value is -1.88. The zero-order chi connectivity index (χ0) is 24.7. The van der Waals surface area contributed by atoms with E-state index < -0.39 is 6.10 Å². The number of aliphatic hydroxyl groups excluding tert-OH is 2. The van der Waals surface area contributed by atoms with Gasteiger partial charge >= 0.3 is 0 Å². The highest BCUT2D eigenvalue weighted by Gasteiger charge is 2.24. The molecule has 1 aromatic heterocycles. The molecule has 0 saturated heterocycles. The first kappa shape index (κ1) is 26.7. The third kappa shape index (κ3) is 7.07. The SMILES string of the molecule is C[C@H](CCl)COc1ccc(C(C)(C)c2ccc(OC[C@@H](O)Cn3cc(CO)nn3)cc2)cc1I. The number of aliphatic hydroxyl groups is 2. The summed E-state index contributed by atoms with van der Waals surface area (Å²) < 4.78 is 14.2. The smallest absolute Gasteiger partial charge is 0.132 e. The minimum atomic E-state index is -0.750. The minimum Gasteiger partial charge on any atom is -0.492 e. The molecule has 3 aromatic rings. The van der Waals surface area contributed by atoms with Crippen LogP contribution in [0.3, 0.4) is 0 Å². The van der Waals surface area contributed by atoms with Crippen molar-refractivity contribution in [3.63, 3.8) is 0 Å². The van der Waals surface area contributed by atoms with Crippen molar-refractivity contribution < 1.29 is 19.7 Å². The van der Waals surface area contributed by atoms with E-state index in [9.17, 15) is 5.11 Å². The molecule has 2 N–H and O–H groups in total. The van der Waals surface area contributed by atoms with Gasteiger partial charge in [-0.15, -0.1) is 16.7 Å². The van der Waals surface area contributed by atoms with Gasteiger partial charge in [0.25, 0.3) is 0 Å². The van der Waals surface area contributed by atoms with Crippen LogP contribution in [-0.4, -0.2) is 50.4 Å². The number of aromatic nitrogens is 3. The fourth-order valence-electron chi connectivity index (χ4n) is 3.38. The van der Waals surface area contributed by atoms with Gasteiger partial charge in [0.15, 0.2) is 0 Å². The van der Waals surface area contributed by atoms with E-state index in [0.29, 0.717) is 29.8 Å². The molecule has 2 atom stereocenters. The molecule has 3 rings (SSSR count). The van der Waals surface area contributed by atoms with Crippen LogP contribution in [0.25, 0.3) is 0 Å². The lowest BCUT2D eigenvalue weighted by atomic mass is 9.78. The van der Waals surface area contributed by atoms with E-state index in [2.05, 4.69) is 65.8 Å². The van der Waals surface area contributed by atoms with Crippen molar-refractivity contribution in [2.24, 2.45) is 5.92 Å². The van der Waals surface area contributed by atoms with Gasteiger partial charge in [-0.05, 0) is 58.0 Å². The number of halogens is 2. The summed E-state index contributed by atoms with van der Waals surface area (Å²) in [4.78, 5) is 0. The van der Waals surface area contributed by atoms with Crippen LogP contribution < -0.4 is 9.47 Å². The quantitative estimate of drug-likeness (QED) is 0.237. The molecule has 9 heteroatoms. The van der Waals surface area contributed by atoms with Gasteiger partial charge in [0.05, 0.1) is 29.5 Å². The minimum absolute atomic E-state index is 0.124. The van der Waals surface area contributed by atoms with Crippen LogP contribution in [0, 0.1) is 9.49 Å². The van der Waals surface area contributed by atoms with Crippen LogP contribution in [0.5, 0.6) is 11.5 Å². The van der Waals surface area contributed by atoms with Crippen molar-refractivity contribution in [2.75, 3.05) is 19.1 Å². The van der Waals surface area contributed by atoms with E-state index in [1.165, 1.54) is 10.2 Å². The summed E-state index contributed by atoms with van der Waals surface area (Å²) in [5.41, 5.74) is 2.59. The number of benzene rings is 2. The van der Waals surface area contributed by atoms with Crippen molar-refractivity contribution in [3.8, 4) is 11.5 Å². The summed E-state index contributed by atoms with van der Waals surface area (Å²) in [6.07, 6.45) is 0.847. The number of hydrogen-bond acceptors (Lipinski definition) is 6. The van der Waals surface area contributed by atoms with E-state index in [4.69, 9.17) is 26.2 Å². The van der Waals surface area contributed by atoms with Gasteiger partial charge in [0.2, 0.25) is 0 Å². The molecule has 0 fully saturated rings. The highest BCUT2D eigenvalue weighted by molar-refractivity contribution is 14.1. The number of rotatable bonds is 12. The van der Waals surface area contributed by atoms with E-state index in [1.807, 2.05) is 30.3 Å². The third-order valence-corrected chi connectivity index (χ3v) is 6.97. The highest BCUT2D eigenvalue weighted by Crippen LogP contribution is 2.35. The Labute approximate surface area is 219 Å². The molecule has 184 valence electrons. The van der Waals surface area contributed by atoms with Crippen LogP contribution in [0.15, 0.2) is 48.7 Å². The Bertz CT molecular complexity index is 1060. The van der Waals surface area contributed by atoms with Crippen LogP contribution in [0.4, 0.5) is 0 Å². The van der Waals surface area contributed by atoms with E-state index in [0.717, 1.165) is 14.9 Å². The summed E-state index contributed by atoms with van der Waals surface area (Å²) in [7, 11) is 0. The van der Waals surface area contributed by atoms with Crippen LogP contribution in [0.2, 0.25) is 0 Å². The third-order valence-electron chi connectivity index (χ3n) is 5.60. The molecule has 0 radical (unpaired) electrons. The van der Waals surface area contributed by atoms with Gasteiger partial charge in [0.1, 0.15) is 29.9 Å². The van der Waals surface area contributed by atoms with E-state index in [-0.39, 0.29) is 25.2 Å². The fraction of sp³-hybridized carbons (Fsp3) is 0.440. The monoisotopic (exact) mass is 599 g/mol. The second kappa shape index (κ2) is 12.2. The Morgan fingerprint density at radius 2 is 1.79 bits per heavy atom. The first-order valence-corrected chi connectivity index (χ1v) is 12.7. The largest absolute Gasteiger partial charge is 0.492 e. The summed E-state index contributed by atoms with van der Waals surface area (Å²) in [5, 5.41) is 26.9. The summed E-state index contributed by atoms with van der Waals surface area (Å²) in [6.45, 7) is 7.22. The molecule has 0 bridgehead atoms. The number of hydrogen-bond donors (Lipinski definition) is 2. The lowest BCUT2D eigenvalue weighted by molar-refractivity contribution is 0.0888.